The molecule has 0 atom stereocenters. The summed E-state index contributed by atoms with van der Waals surface area (Å²) in [4.78, 5) is 15.7. The van der Waals surface area contributed by atoms with Gasteiger partial charge in [0.05, 0.1) is 0 Å². The van der Waals surface area contributed by atoms with E-state index in [1.807, 2.05) is 12.1 Å². The average Bonchev–Trinajstić information content (AvgIpc) is 2.54. The molecule has 116 valence electrons. The predicted molar refractivity (Wildman–Crippen MR) is 93.2 cm³/mol. The Morgan fingerprint density at radius 1 is 1.09 bits per heavy atom. The third-order valence-electron chi connectivity index (χ3n) is 4.00. The maximum atomic E-state index is 12.1. The summed E-state index contributed by atoms with van der Waals surface area (Å²) in [7, 11) is 0. The Balaban J connectivity index is 2.05. The molecule has 0 saturated heterocycles. The van der Waals surface area contributed by atoms with Crippen LogP contribution in [-0.4, -0.2) is 11.9 Å². The quantitative estimate of drug-likeness (QED) is 0.661. The van der Waals surface area contributed by atoms with Gasteiger partial charge in [-0.15, -0.1) is 0 Å². The van der Waals surface area contributed by atoms with Crippen molar-refractivity contribution >= 4 is 17.4 Å². The summed E-state index contributed by atoms with van der Waals surface area (Å²) in [6.07, 6.45) is 4.20. The monoisotopic (exact) mass is 305 g/mol. The Kier molecular flexibility index (Phi) is 3.98. The second-order valence-electron chi connectivity index (χ2n) is 5.74. The number of benzene rings is 2. The maximum absolute atomic E-state index is 12.1. The van der Waals surface area contributed by atoms with Gasteiger partial charge in [0.2, 0.25) is 0 Å². The van der Waals surface area contributed by atoms with E-state index in [0.717, 1.165) is 29.5 Å². The van der Waals surface area contributed by atoms with Crippen LogP contribution in [0.15, 0.2) is 53.5 Å². The molecule has 0 saturated carbocycles. The number of nitrogens with two attached hydrogens (primary N) is 2. The molecule has 0 aromatic heterocycles. The summed E-state index contributed by atoms with van der Waals surface area (Å²) >= 11 is 0. The van der Waals surface area contributed by atoms with Gasteiger partial charge in [-0.3, -0.25) is 4.79 Å². The van der Waals surface area contributed by atoms with Gasteiger partial charge >= 0.3 is 0 Å². The van der Waals surface area contributed by atoms with Crippen molar-refractivity contribution in [3.63, 3.8) is 0 Å². The van der Waals surface area contributed by atoms with Crippen molar-refractivity contribution in [1.82, 2.24) is 0 Å². The maximum Gasteiger partial charge on any atom is 0.280 e. The first kappa shape index (κ1) is 15.0. The molecule has 0 spiro atoms. The van der Waals surface area contributed by atoms with Crippen LogP contribution in [0.4, 0.5) is 0 Å². The van der Waals surface area contributed by atoms with E-state index in [9.17, 15) is 4.79 Å². The van der Waals surface area contributed by atoms with Crippen LogP contribution in [-0.2, 0) is 6.42 Å². The lowest BCUT2D eigenvalue weighted by atomic mass is 9.85. The molecule has 0 heterocycles. The van der Waals surface area contributed by atoms with Crippen LogP contribution in [0, 0.1) is 6.92 Å². The Hall–Kier alpha value is -2.88. The van der Waals surface area contributed by atoms with Crippen LogP contribution in [0.3, 0.4) is 0 Å². The lowest BCUT2D eigenvalue weighted by Crippen LogP contribution is -2.24. The number of allylic oxidation sites excluding steroid dienone is 1. The van der Waals surface area contributed by atoms with Gasteiger partial charge < -0.3 is 11.5 Å². The zero-order valence-electron chi connectivity index (χ0n) is 13.0. The zero-order valence-corrected chi connectivity index (χ0v) is 13.0. The SMILES string of the molecule is Cc1ccc(C2=CCCc3ccc(C(=O)N=C(N)N)cc32)cc1. The summed E-state index contributed by atoms with van der Waals surface area (Å²) in [5, 5.41) is 0. The van der Waals surface area contributed by atoms with Crippen LogP contribution in [0.25, 0.3) is 5.57 Å². The van der Waals surface area contributed by atoms with E-state index in [0.29, 0.717) is 5.56 Å². The van der Waals surface area contributed by atoms with Crippen molar-refractivity contribution in [2.45, 2.75) is 19.8 Å². The second kappa shape index (κ2) is 6.08. The minimum atomic E-state index is -0.415. The fourth-order valence-electron chi connectivity index (χ4n) is 2.85. The van der Waals surface area contributed by atoms with Crippen molar-refractivity contribution in [3.8, 4) is 0 Å². The van der Waals surface area contributed by atoms with E-state index in [1.165, 1.54) is 11.1 Å². The number of fused-ring (bicyclic) bond motifs is 1. The van der Waals surface area contributed by atoms with Gasteiger partial charge in [0.15, 0.2) is 5.96 Å². The van der Waals surface area contributed by atoms with Crippen molar-refractivity contribution in [2.75, 3.05) is 0 Å². The molecule has 2 aromatic rings. The molecular formula is C19H19N3O. The molecule has 0 fully saturated rings. The van der Waals surface area contributed by atoms with Crippen molar-refractivity contribution in [2.24, 2.45) is 16.5 Å². The van der Waals surface area contributed by atoms with Gasteiger partial charge in [-0.05, 0) is 54.2 Å². The fourth-order valence-corrected chi connectivity index (χ4v) is 2.85. The molecule has 4 heteroatoms. The van der Waals surface area contributed by atoms with E-state index in [-0.39, 0.29) is 5.96 Å². The summed E-state index contributed by atoms with van der Waals surface area (Å²) in [6.45, 7) is 2.07. The number of hydrogen-bond donors (Lipinski definition) is 2. The summed E-state index contributed by atoms with van der Waals surface area (Å²) in [5.74, 6) is -0.636. The van der Waals surface area contributed by atoms with E-state index >= 15 is 0 Å². The third-order valence-corrected chi connectivity index (χ3v) is 4.00. The van der Waals surface area contributed by atoms with E-state index in [1.54, 1.807) is 6.07 Å². The molecule has 23 heavy (non-hydrogen) atoms. The first-order valence-electron chi connectivity index (χ1n) is 7.59. The van der Waals surface area contributed by atoms with Crippen LogP contribution in [0.2, 0.25) is 0 Å². The van der Waals surface area contributed by atoms with Gasteiger partial charge in [0.1, 0.15) is 0 Å². The molecule has 4 N–H and O–H groups in total. The number of guanidine groups is 1. The van der Waals surface area contributed by atoms with Crippen molar-refractivity contribution < 1.29 is 4.79 Å². The smallest absolute Gasteiger partial charge is 0.280 e. The highest BCUT2D eigenvalue weighted by atomic mass is 16.1. The molecule has 0 aliphatic heterocycles. The molecule has 0 bridgehead atoms. The Morgan fingerprint density at radius 3 is 2.52 bits per heavy atom. The standard InChI is InChI=1S/C19H19N3O/c1-12-5-7-14(8-6-12)16-4-2-3-13-9-10-15(11-17(13)16)18(23)22-19(20)21/h4-11H,2-3H2,1H3,(H4,20,21,22,23). The normalized spacial score (nSPS) is 13.0. The minimum Gasteiger partial charge on any atom is -0.370 e. The third kappa shape index (κ3) is 3.16. The topological polar surface area (TPSA) is 81.5 Å². The Labute approximate surface area is 135 Å². The number of aliphatic imine (C=N–C) groups is 1. The molecule has 4 nitrogen and oxygen atoms in total. The molecule has 0 radical (unpaired) electrons. The lowest BCUT2D eigenvalue weighted by molar-refractivity contribution is 0.100. The van der Waals surface area contributed by atoms with Gasteiger partial charge in [0, 0.05) is 5.56 Å². The number of carbonyl (C=O) groups is 1. The molecular weight excluding hydrogens is 286 g/mol. The summed E-state index contributed by atoms with van der Waals surface area (Å²) in [5.41, 5.74) is 16.9. The van der Waals surface area contributed by atoms with Crippen LogP contribution < -0.4 is 11.5 Å². The van der Waals surface area contributed by atoms with E-state index in [4.69, 9.17) is 11.5 Å². The van der Waals surface area contributed by atoms with Crippen LogP contribution >= 0.6 is 0 Å². The van der Waals surface area contributed by atoms with E-state index in [2.05, 4.69) is 42.3 Å². The number of amides is 1. The van der Waals surface area contributed by atoms with Gasteiger partial charge in [-0.1, -0.05) is 42.0 Å². The number of aryl methyl sites for hydroxylation is 2. The average molecular weight is 305 g/mol. The van der Waals surface area contributed by atoms with Gasteiger partial charge in [-0.2, -0.15) is 4.99 Å². The first-order valence-corrected chi connectivity index (χ1v) is 7.59. The van der Waals surface area contributed by atoms with Crippen molar-refractivity contribution in [1.29, 1.82) is 0 Å². The largest absolute Gasteiger partial charge is 0.370 e. The molecule has 1 amide bonds. The fraction of sp³-hybridized carbons (Fsp3) is 0.158. The summed E-state index contributed by atoms with van der Waals surface area (Å²) in [6, 6.07) is 14.1. The zero-order chi connectivity index (χ0) is 16.4. The second-order valence-corrected chi connectivity index (χ2v) is 5.74. The number of carbonyl (C=O) groups excluding carboxylic acids is 1. The molecule has 1 aliphatic carbocycles. The highest BCUT2D eigenvalue weighted by molar-refractivity contribution is 6.02. The number of nitrogens with zero attached hydrogens (tertiary/aromatic N) is 1. The van der Waals surface area contributed by atoms with E-state index < -0.39 is 5.91 Å². The minimum absolute atomic E-state index is 0.220. The number of rotatable bonds is 2. The van der Waals surface area contributed by atoms with Gasteiger partial charge in [-0.25, -0.2) is 0 Å². The van der Waals surface area contributed by atoms with Gasteiger partial charge in [0.25, 0.3) is 5.91 Å². The molecule has 2 aromatic carbocycles. The predicted octanol–water partition coefficient (Wildman–Crippen LogP) is 2.79. The van der Waals surface area contributed by atoms with Crippen molar-refractivity contribution in [3.05, 3.63) is 76.4 Å². The lowest BCUT2D eigenvalue weighted by Gasteiger charge is -2.19. The molecule has 3 rings (SSSR count). The highest BCUT2D eigenvalue weighted by Gasteiger charge is 2.16. The number of hydrogen-bond acceptors (Lipinski definition) is 1. The molecule has 0 unspecified atom stereocenters. The Bertz CT molecular complexity index is 813. The van der Waals surface area contributed by atoms with Crippen LogP contribution in [0.5, 0.6) is 0 Å². The first-order chi connectivity index (χ1) is 11.0. The molecule has 1 aliphatic rings. The Morgan fingerprint density at radius 2 is 1.83 bits per heavy atom. The highest BCUT2D eigenvalue weighted by Crippen LogP contribution is 2.32. The van der Waals surface area contributed by atoms with Crippen LogP contribution in [0.1, 0.15) is 39.0 Å². The summed E-state index contributed by atoms with van der Waals surface area (Å²) < 4.78 is 0.